The van der Waals surface area contributed by atoms with E-state index in [1.165, 1.54) is 11.1 Å². The average molecular weight is 293 g/mol. The largest absolute Gasteiger partial charge is 0.373 e. The Hall–Kier alpha value is -1.19. The zero-order chi connectivity index (χ0) is 13.7. The third-order valence-corrected chi connectivity index (χ3v) is 4.27. The number of thioether (sulfide) groups is 1. The first-order chi connectivity index (χ1) is 9.20. The summed E-state index contributed by atoms with van der Waals surface area (Å²) in [6.07, 6.45) is 0. The Morgan fingerprint density at radius 2 is 1.95 bits per heavy atom. The molecule has 0 saturated carbocycles. The number of rotatable bonds is 5. The summed E-state index contributed by atoms with van der Waals surface area (Å²) in [7, 11) is 1.86. The van der Waals surface area contributed by atoms with E-state index in [2.05, 4.69) is 41.5 Å². The number of hydrogen-bond acceptors (Lipinski definition) is 3. The van der Waals surface area contributed by atoms with Crippen LogP contribution in [0.15, 0.2) is 36.4 Å². The molecule has 0 amide bonds. The van der Waals surface area contributed by atoms with Crippen molar-refractivity contribution >= 4 is 29.2 Å². The molecular weight excluding hydrogens is 276 g/mol. The molecule has 0 aliphatic carbocycles. The van der Waals surface area contributed by atoms with Gasteiger partial charge in [0.1, 0.15) is 5.82 Å². The van der Waals surface area contributed by atoms with Gasteiger partial charge in [-0.1, -0.05) is 35.9 Å². The van der Waals surface area contributed by atoms with Crippen LogP contribution in [0.1, 0.15) is 16.8 Å². The summed E-state index contributed by atoms with van der Waals surface area (Å²) >= 11 is 7.99. The second-order valence-corrected chi connectivity index (χ2v) is 5.69. The van der Waals surface area contributed by atoms with E-state index in [1.54, 1.807) is 0 Å². The van der Waals surface area contributed by atoms with Crippen molar-refractivity contribution in [2.24, 2.45) is 0 Å². The first kappa shape index (κ1) is 14.2. The van der Waals surface area contributed by atoms with Gasteiger partial charge in [-0.25, -0.2) is 4.98 Å². The SMILES string of the molecule is CNc1ccc(Cl)c(CSCc2ccccc2C)n1. The molecule has 100 valence electrons. The van der Waals surface area contributed by atoms with Gasteiger partial charge in [-0.15, -0.1) is 0 Å². The van der Waals surface area contributed by atoms with Gasteiger partial charge < -0.3 is 5.32 Å². The fourth-order valence-corrected chi connectivity index (χ4v) is 3.07. The summed E-state index contributed by atoms with van der Waals surface area (Å²) in [4.78, 5) is 4.48. The fraction of sp³-hybridized carbons (Fsp3) is 0.267. The molecule has 0 bridgehead atoms. The third kappa shape index (κ3) is 3.88. The van der Waals surface area contributed by atoms with E-state index in [9.17, 15) is 0 Å². The van der Waals surface area contributed by atoms with Crippen LogP contribution < -0.4 is 5.32 Å². The maximum Gasteiger partial charge on any atom is 0.126 e. The number of nitrogens with one attached hydrogen (secondary N) is 1. The van der Waals surface area contributed by atoms with Gasteiger partial charge in [0.25, 0.3) is 0 Å². The molecule has 1 aromatic heterocycles. The topological polar surface area (TPSA) is 24.9 Å². The Morgan fingerprint density at radius 1 is 1.16 bits per heavy atom. The molecule has 0 spiro atoms. The van der Waals surface area contributed by atoms with E-state index in [0.717, 1.165) is 28.0 Å². The van der Waals surface area contributed by atoms with Gasteiger partial charge in [0.15, 0.2) is 0 Å². The highest BCUT2D eigenvalue weighted by Crippen LogP contribution is 2.24. The molecule has 0 atom stereocenters. The lowest BCUT2D eigenvalue weighted by Crippen LogP contribution is -1.96. The van der Waals surface area contributed by atoms with Gasteiger partial charge in [0, 0.05) is 18.6 Å². The standard InChI is InChI=1S/C15H17ClN2S/c1-11-5-3-4-6-12(11)9-19-10-14-13(16)7-8-15(17-2)18-14/h3-8H,9-10H2,1-2H3,(H,17,18). The van der Waals surface area contributed by atoms with Crippen LogP contribution >= 0.6 is 23.4 Å². The molecule has 4 heteroatoms. The molecule has 1 heterocycles. The highest BCUT2D eigenvalue weighted by molar-refractivity contribution is 7.97. The number of aryl methyl sites for hydroxylation is 1. The smallest absolute Gasteiger partial charge is 0.126 e. The van der Waals surface area contributed by atoms with Gasteiger partial charge in [-0.05, 0) is 30.2 Å². The van der Waals surface area contributed by atoms with Crippen LogP contribution in [0.25, 0.3) is 0 Å². The molecule has 1 aromatic carbocycles. The molecule has 0 aliphatic heterocycles. The van der Waals surface area contributed by atoms with E-state index in [0.29, 0.717) is 0 Å². The normalized spacial score (nSPS) is 10.5. The van der Waals surface area contributed by atoms with Crippen molar-refractivity contribution in [2.45, 2.75) is 18.4 Å². The first-order valence-electron chi connectivity index (χ1n) is 6.16. The second kappa shape index (κ2) is 6.83. The van der Waals surface area contributed by atoms with Crippen molar-refractivity contribution < 1.29 is 0 Å². The highest BCUT2D eigenvalue weighted by atomic mass is 35.5. The van der Waals surface area contributed by atoms with Crippen molar-refractivity contribution in [3.05, 3.63) is 58.2 Å². The lowest BCUT2D eigenvalue weighted by atomic mass is 10.1. The van der Waals surface area contributed by atoms with Gasteiger partial charge in [-0.3, -0.25) is 0 Å². The quantitative estimate of drug-likeness (QED) is 0.877. The molecule has 19 heavy (non-hydrogen) atoms. The first-order valence-corrected chi connectivity index (χ1v) is 7.69. The van der Waals surface area contributed by atoms with Crippen LogP contribution in [0, 0.1) is 6.92 Å². The van der Waals surface area contributed by atoms with Gasteiger partial charge >= 0.3 is 0 Å². The summed E-state index contributed by atoms with van der Waals surface area (Å²) < 4.78 is 0. The monoisotopic (exact) mass is 292 g/mol. The predicted molar refractivity (Wildman–Crippen MR) is 85.0 cm³/mol. The maximum atomic E-state index is 6.16. The molecule has 0 saturated heterocycles. The minimum absolute atomic E-state index is 0.733. The number of nitrogens with zero attached hydrogens (tertiary/aromatic N) is 1. The number of benzene rings is 1. The molecule has 0 unspecified atom stereocenters. The van der Waals surface area contributed by atoms with Crippen molar-refractivity contribution in [2.75, 3.05) is 12.4 Å². The van der Waals surface area contributed by atoms with Gasteiger partial charge in [0.05, 0.1) is 10.7 Å². The molecule has 1 N–H and O–H groups in total. The Morgan fingerprint density at radius 3 is 2.68 bits per heavy atom. The lowest BCUT2D eigenvalue weighted by molar-refractivity contribution is 1.16. The molecule has 0 fully saturated rings. The van der Waals surface area contributed by atoms with Crippen LogP contribution in [0.3, 0.4) is 0 Å². The van der Waals surface area contributed by atoms with Gasteiger partial charge in [-0.2, -0.15) is 11.8 Å². The van der Waals surface area contributed by atoms with Gasteiger partial charge in [0.2, 0.25) is 0 Å². The summed E-state index contributed by atoms with van der Waals surface area (Å²) in [5.74, 6) is 2.66. The highest BCUT2D eigenvalue weighted by Gasteiger charge is 2.04. The Kier molecular flexibility index (Phi) is 5.11. The van der Waals surface area contributed by atoms with E-state index in [1.807, 2.05) is 30.9 Å². The van der Waals surface area contributed by atoms with E-state index >= 15 is 0 Å². The molecule has 2 rings (SSSR count). The predicted octanol–water partition coefficient (Wildman–Crippen LogP) is 4.52. The fourth-order valence-electron chi connectivity index (χ4n) is 1.75. The molecular formula is C15H17ClN2S. The van der Waals surface area contributed by atoms with Crippen LogP contribution in [-0.4, -0.2) is 12.0 Å². The van der Waals surface area contributed by atoms with E-state index < -0.39 is 0 Å². The number of halogens is 1. The number of aromatic nitrogens is 1. The molecule has 0 aliphatic rings. The molecule has 0 radical (unpaired) electrons. The van der Waals surface area contributed by atoms with Crippen LogP contribution in [0.5, 0.6) is 0 Å². The minimum Gasteiger partial charge on any atom is -0.373 e. The summed E-state index contributed by atoms with van der Waals surface area (Å²) in [5, 5.41) is 3.77. The zero-order valence-electron chi connectivity index (χ0n) is 11.1. The summed E-state index contributed by atoms with van der Waals surface area (Å²) in [6, 6.07) is 12.2. The van der Waals surface area contributed by atoms with Crippen molar-refractivity contribution in [3.63, 3.8) is 0 Å². The van der Waals surface area contributed by atoms with E-state index in [-0.39, 0.29) is 0 Å². The average Bonchev–Trinajstić information content (AvgIpc) is 2.43. The van der Waals surface area contributed by atoms with Crippen LogP contribution in [0.4, 0.5) is 5.82 Å². The van der Waals surface area contributed by atoms with E-state index in [4.69, 9.17) is 11.6 Å². The maximum absolute atomic E-state index is 6.16. The Labute approximate surface area is 123 Å². The van der Waals surface area contributed by atoms with Crippen LogP contribution in [0.2, 0.25) is 5.02 Å². The molecule has 2 nitrogen and oxygen atoms in total. The number of anilines is 1. The lowest BCUT2D eigenvalue weighted by Gasteiger charge is -2.08. The zero-order valence-corrected chi connectivity index (χ0v) is 12.7. The number of hydrogen-bond donors (Lipinski definition) is 1. The Bertz CT molecular complexity index is 558. The van der Waals surface area contributed by atoms with Crippen molar-refractivity contribution in [1.82, 2.24) is 4.98 Å². The summed E-state index contributed by atoms with van der Waals surface area (Å²) in [5.41, 5.74) is 3.64. The third-order valence-electron chi connectivity index (χ3n) is 2.93. The van der Waals surface area contributed by atoms with Crippen molar-refractivity contribution in [1.29, 1.82) is 0 Å². The van der Waals surface area contributed by atoms with Crippen LogP contribution in [-0.2, 0) is 11.5 Å². The second-order valence-electron chi connectivity index (χ2n) is 4.29. The van der Waals surface area contributed by atoms with Crippen molar-refractivity contribution in [3.8, 4) is 0 Å². The molecule has 2 aromatic rings. The minimum atomic E-state index is 0.733. The summed E-state index contributed by atoms with van der Waals surface area (Å²) in [6.45, 7) is 2.14. The number of pyridine rings is 1. The Balaban J connectivity index is 1.98.